The Hall–Kier alpha value is -1.22. The lowest BCUT2D eigenvalue weighted by Crippen LogP contribution is -2.65. The summed E-state index contributed by atoms with van der Waals surface area (Å²) in [5.41, 5.74) is -2.57. The topological polar surface area (TPSA) is 398 Å². The summed E-state index contributed by atoms with van der Waals surface area (Å²) in [6, 6.07) is 0. The first-order chi connectivity index (χ1) is 36.8. The van der Waals surface area contributed by atoms with Crippen LogP contribution < -0.4 is 0 Å². The highest BCUT2D eigenvalue weighted by Gasteiger charge is 2.71. The normalized spacial score (nSPS) is 51.4. The van der Waals surface area contributed by atoms with Crippen molar-refractivity contribution >= 4 is 0 Å². The van der Waals surface area contributed by atoms with E-state index >= 15 is 0 Å². The molecule has 0 spiro atoms. The summed E-state index contributed by atoms with van der Waals surface area (Å²) in [6.07, 6.45) is -26.7. The summed E-state index contributed by atoms with van der Waals surface area (Å²) in [5.74, 6) is -1.16. The van der Waals surface area contributed by atoms with Crippen molar-refractivity contribution in [3.8, 4) is 0 Å². The van der Waals surface area contributed by atoms with E-state index in [9.17, 15) is 81.7 Å². The van der Waals surface area contributed by atoms with Gasteiger partial charge in [0.2, 0.25) is 0 Å². The van der Waals surface area contributed by atoms with E-state index < -0.39 is 195 Å². The van der Waals surface area contributed by atoms with Gasteiger partial charge in [-0.1, -0.05) is 60.1 Å². The van der Waals surface area contributed by atoms with Gasteiger partial charge in [0.05, 0.1) is 68.7 Å². The lowest BCUT2D eigenvalue weighted by molar-refractivity contribution is -0.340. The van der Waals surface area contributed by atoms with E-state index in [-0.39, 0.29) is 35.5 Å². The Labute approximate surface area is 461 Å². The van der Waals surface area contributed by atoms with Crippen LogP contribution in [0.25, 0.3) is 0 Å². The molecule has 0 bridgehead atoms. The summed E-state index contributed by atoms with van der Waals surface area (Å²) in [7, 11) is 0. The Balaban J connectivity index is 0.923. The number of fused-ring (bicyclic) bond motifs is 5. The molecule has 4 aliphatic carbocycles. The van der Waals surface area contributed by atoms with Gasteiger partial charge < -0.3 is 120 Å². The Morgan fingerprint density at radius 1 is 0.620 bits per heavy atom. The van der Waals surface area contributed by atoms with E-state index in [1.807, 2.05) is 20.8 Å². The third kappa shape index (κ3) is 11.3. The molecule has 31 atom stereocenters. The maximum Gasteiger partial charge on any atom is 0.187 e. The Bertz CT molecular complexity index is 2060. The molecule has 7 fully saturated rings. The maximum absolute atomic E-state index is 12.7. The second-order valence-corrected chi connectivity index (χ2v) is 26.4. The van der Waals surface area contributed by atoms with Crippen molar-refractivity contribution in [2.75, 3.05) is 26.4 Å². The molecule has 4 heterocycles. The van der Waals surface area contributed by atoms with Crippen molar-refractivity contribution in [2.45, 2.75) is 254 Å². The van der Waals surface area contributed by atoms with E-state index in [2.05, 4.69) is 26.8 Å². The number of aliphatic hydroxyl groups is 16. The van der Waals surface area contributed by atoms with Crippen LogP contribution in [-0.2, 0) is 37.9 Å². The second kappa shape index (κ2) is 23.9. The minimum Gasteiger partial charge on any atom is -0.394 e. The molecule has 0 aromatic carbocycles. The molecule has 16 N–H and O–H groups in total. The minimum atomic E-state index is -1.80. The fraction of sp³-hybridized carbons (Fsp3) is 0.964. The first-order valence-electron chi connectivity index (χ1n) is 28.4. The average Bonchev–Trinajstić information content (AvgIpc) is 3.01. The van der Waals surface area contributed by atoms with Gasteiger partial charge in [0.15, 0.2) is 25.2 Å². The zero-order valence-electron chi connectivity index (χ0n) is 46.9. The van der Waals surface area contributed by atoms with Gasteiger partial charge in [0.25, 0.3) is 0 Å². The highest BCUT2D eigenvalue weighted by atomic mass is 16.7. The van der Waals surface area contributed by atoms with Crippen LogP contribution in [-0.4, -0.2) is 255 Å². The van der Waals surface area contributed by atoms with Crippen molar-refractivity contribution in [2.24, 2.45) is 51.2 Å². The summed E-state index contributed by atoms with van der Waals surface area (Å²) in [6.45, 7) is 15.1. The van der Waals surface area contributed by atoms with Gasteiger partial charge in [-0.05, 0) is 86.9 Å². The van der Waals surface area contributed by atoms with Crippen LogP contribution in [0.15, 0.2) is 11.6 Å². The molecule has 458 valence electrons. The fourth-order valence-corrected chi connectivity index (χ4v) is 15.7. The van der Waals surface area contributed by atoms with Gasteiger partial charge in [-0.3, -0.25) is 0 Å². The van der Waals surface area contributed by atoms with Crippen LogP contribution in [0.5, 0.6) is 0 Å². The van der Waals surface area contributed by atoms with E-state index in [4.69, 9.17) is 37.9 Å². The Morgan fingerprint density at radius 2 is 1.11 bits per heavy atom. The second-order valence-electron chi connectivity index (χ2n) is 26.4. The predicted octanol–water partition coefficient (Wildman–Crippen LogP) is -2.99. The molecule has 4 aliphatic heterocycles. The molecule has 0 aromatic heterocycles. The molecule has 31 unspecified atom stereocenters. The molecule has 8 rings (SSSR count). The highest BCUT2D eigenvalue weighted by molar-refractivity contribution is 5.32. The molecule has 4 saturated heterocycles. The summed E-state index contributed by atoms with van der Waals surface area (Å²) < 4.78 is 47.1. The van der Waals surface area contributed by atoms with Gasteiger partial charge in [0.1, 0.15) is 79.4 Å². The first kappa shape index (κ1) is 63.8. The standard InChI is InChI=1S/C55H94O24/c1-22(27(58)16-35(52(5,6)71)79-50-46(70)42(66)39(63)31(77-50)20-72-47-43(67)36(60)23(2)28(18-56)74-47)24-14-15-53(7)32-12-10-25-26(55(32,9)33(59)17-54(24,53)8)11-13-34(51(25,3)4)78-49-45(69)41(65)38(62)30(76-49)21-73-48-44(68)40(64)37(61)29(19-57)75-48/h10,22-24,26-50,56-71H,11-21H2,1-9H3. The number of hydrogen-bond acceptors (Lipinski definition) is 24. The van der Waals surface area contributed by atoms with Gasteiger partial charge in [-0.15, -0.1) is 0 Å². The van der Waals surface area contributed by atoms with Crippen LogP contribution in [0, 0.1) is 51.2 Å². The molecule has 24 heteroatoms. The summed E-state index contributed by atoms with van der Waals surface area (Å²) >= 11 is 0. The first-order valence-corrected chi connectivity index (χ1v) is 28.4. The Morgan fingerprint density at radius 3 is 1.67 bits per heavy atom. The lowest BCUT2D eigenvalue weighted by Gasteiger charge is -2.67. The molecule has 0 radical (unpaired) electrons. The summed E-state index contributed by atoms with van der Waals surface area (Å²) in [4.78, 5) is 0. The van der Waals surface area contributed by atoms with Crippen LogP contribution in [0.3, 0.4) is 0 Å². The minimum absolute atomic E-state index is 0.0171. The molecule has 0 amide bonds. The number of aliphatic hydroxyl groups excluding tert-OH is 15. The monoisotopic (exact) mass is 1140 g/mol. The third-order valence-electron chi connectivity index (χ3n) is 21.3. The van der Waals surface area contributed by atoms with Crippen molar-refractivity contribution in [3.63, 3.8) is 0 Å². The van der Waals surface area contributed by atoms with Crippen LogP contribution >= 0.6 is 0 Å². The number of hydrogen-bond donors (Lipinski definition) is 16. The molecule has 3 saturated carbocycles. The van der Waals surface area contributed by atoms with Crippen molar-refractivity contribution in [3.05, 3.63) is 11.6 Å². The highest BCUT2D eigenvalue weighted by Crippen LogP contribution is 2.75. The molecular formula is C55H94O24. The lowest BCUT2D eigenvalue weighted by atomic mass is 9.38. The van der Waals surface area contributed by atoms with Gasteiger partial charge in [-0.25, -0.2) is 0 Å². The zero-order chi connectivity index (χ0) is 58.4. The number of rotatable bonds is 17. The van der Waals surface area contributed by atoms with E-state index in [0.29, 0.717) is 25.7 Å². The van der Waals surface area contributed by atoms with Crippen molar-refractivity contribution in [1.29, 1.82) is 0 Å². The van der Waals surface area contributed by atoms with E-state index in [1.165, 1.54) is 13.8 Å². The average molecular weight is 1140 g/mol. The van der Waals surface area contributed by atoms with Crippen molar-refractivity contribution < 1.29 is 120 Å². The molecule has 8 aliphatic rings. The quantitative estimate of drug-likeness (QED) is 0.0646. The van der Waals surface area contributed by atoms with E-state index in [1.54, 1.807) is 6.92 Å². The van der Waals surface area contributed by atoms with Crippen LogP contribution in [0.2, 0.25) is 0 Å². The van der Waals surface area contributed by atoms with E-state index in [0.717, 1.165) is 18.4 Å². The number of ether oxygens (including phenoxy) is 8. The smallest absolute Gasteiger partial charge is 0.187 e. The maximum atomic E-state index is 12.7. The van der Waals surface area contributed by atoms with Crippen LogP contribution in [0.4, 0.5) is 0 Å². The molecular weight excluding hydrogens is 1040 g/mol. The Kier molecular flexibility index (Phi) is 19.3. The largest absolute Gasteiger partial charge is 0.394 e. The van der Waals surface area contributed by atoms with Crippen LogP contribution in [0.1, 0.15) is 107 Å². The summed E-state index contributed by atoms with van der Waals surface area (Å²) in [5, 5.41) is 174. The zero-order valence-corrected chi connectivity index (χ0v) is 46.9. The van der Waals surface area contributed by atoms with Gasteiger partial charge in [0, 0.05) is 23.2 Å². The van der Waals surface area contributed by atoms with Crippen molar-refractivity contribution in [1.82, 2.24) is 0 Å². The third-order valence-corrected chi connectivity index (χ3v) is 21.3. The van der Waals surface area contributed by atoms with Gasteiger partial charge >= 0.3 is 0 Å². The molecule has 24 nitrogen and oxygen atoms in total. The van der Waals surface area contributed by atoms with Gasteiger partial charge in [-0.2, -0.15) is 0 Å². The molecule has 79 heavy (non-hydrogen) atoms. The predicted molar refractivity (Wildman–Crippen MR) is 272 cm³/mol. The molecule has 0 aromatic rings. The number of allylic oxidation sites excluding steroid dienone is 1. The SMILES string of the molecule is CC1C(CO)OC(OCC2OC(OC(CC(O)C(C)C3CCC4(C)C5CC=C6C(CCC(OC7OC(COC8OC(CO)C(O)C(O)C8O)C(O)C(O)C7O)C6(C)C)C5(C)C(O)CC34C)C(C)(C)O)C(O)C(O)C2O)C(O)C1O. The fourth-order valence-electron chi connectivity index (χ4n) is 15.7.